The summed E-state index contributed by atoms with van der Waals surface area (Å²) in [6, 6.07) is 17.4. The molecule has 2 aromatic carbocycles. The second kappa shape index (κ2) is 6.09. The number of nitrogens with zero attached hydrogens (tertiary/aromatic N) is 5. The van der Waals surface area contributed by atoms with Gasteiger partial charge in [0.15, 0.2) is 5.82 Å². The molecule has 26 heavy (non-hydrogen) atoms. The van der Waals surface area contributed by atoms with Gasteiger partial charge in [-0.05, 0) is 49.4 Å². The molecule has 0 saturated heterocycles. The lowest BCUT2D eigenvalue weighted by atomic mass is 10.0. The number of fused-ring (bicyclic) bond motifs is 2. The van der Waals surface area contributed by atoms with Crippen molar-refractivity contribution in [1.82, 2.24) is 15.2 Å². The SMILES string of the molecule is CC1Cc2ccccc2N1c1cnnc(N2CCCc3ccccc32)n1. The van der Waals surface area contributed by atoms with Crippen molar-refractivity contribution in [3.8, 4) is 0 Å². The van der Waals surface area contributed by atoms with Crippen molar-refractivity contribution in [2.24, 2.45) is 0 Å². The Morgan fingerprint density at radius 3 is 2.62 bits per heavy atom. The highest BCUT2D eigenvalue weighted by Crippen LogP contribution is 2.38. The molecular weight excluding hydrogens is 322 g/mol. The number of para-hydroxylation sites is 2. The zero-order chi connectivity index (χ0) is 17.5. The molecule has 1 unspecified atom stereocenters. The second-order valence-electron chi connectivity index (χ2n) is 7.05. The third kappa shape index (κ3) is 2.43. The number of benzene rings is 2. The van der Waals surface area contributed by atoms with Crippen LogP contribution < -0.4 is 9.80 Å². The summed E-state index contributed by atoms with van der Waals surface area (Å²) in [5.41, 5.74) is 5.15. The Balaban J connectivity index is 1.55. The number of aryl methyl sites for hydroxylation is 1. The van der Waals surface area contributed by atoms with Gasteiger partial charge in [-0.2, -0.15) is 10.1 Å². The molecule has 0 spiro atoms. The van der Waals surface area contributed by atoms with Crippen LogP contribution in [0.1, 0.15) is 24.5 Å². The zero-order valence-corrected chi connectivity index (χ0v) is 14.8. The first-order valence-corrected chi connectivity index (χ1v) is 9.23. The Hall–Kier alpha value is -2.95. The molecule has 1 atom stereocenters. The van der Waals surface area contributed by atoms with Gasteiger partial charge < -0.3 is 9.80 Å². The Morgan fingerprint density at radius 2 is 1.73 bits per heavy atom. The normalized spacial score (nSPS) is 18.6. The molecular formula is C21H21N5. The Labute approximate surface area is 153 Å². The largest absolute Gasteiger partial charge is 0.322 e. The first-order chi connectivity index (χ1) is 12.8. The van der Waals surface area contributed by atoms with Crippen LogP contribution in [0.15, 0.2) is 54.7 Å². The van der Waals surface area contributed by atoms with Crippen LogP contribution in [0, 0.1) is 0 Å². The molecule has 0 saturated carbocycles. The van der Waals surface area contributed by atoms with Crippen molar-refractivity contribution >= 4 is 23.1 Å². The van der Waals surface area contributed by atoms with Crippen molar-refractivity contribution in [2.45, 2.75) is 32.2 Å². The van der Waals surface area contributed by atoms with Crippen LogP contribution in [0.3, 0.4) is 0 Å². The van der Waals surface area contributed by atoms with Crippen molar-refractivity contribution in [1.29, 1.82) is 0 Å². The molecule has 0 N–H and O–H groups in total. The molecule has 0 aliphatic carbocycles. The van der Waals surface area contributed by atoms with E-state index in [-0.39, 0.29) is 0 Å². The first kappa shape index (κ1) is 15.3. The monoisotopic (exact) mass is 343 g/mol. The second-order valence-corrected chi connectivity index (χ2v) is 7.05. The number of hydrogen-bond acceptors (Lipinski definition) is 5. The Kier molecular flexibility index (Phi) is 3.59. The minimum Gasteiger partial charge on any atom is -0.322 e. The van der Waals surface area contributed by atoms with Crippen molar-refractivity contribution < 1.29 is 0 Å². The summed E-state index contributed by atoms with van der Waals surface area (Å²) in [6.45, 7) is 3.16. The number of hydrogen-bond donors (Lipinski definition) is 0. The summed E-state index contributed by atoms with van der Waals surface area (Å²) < 4.78 is 0. The van der Waals surface area contributed by atoms with Crippen molar-refractivity contribution in [3.05, 3.63) is 65.9 Å². The van der Waals surface area contributed by atoms with E-state index in [1.165, 1.54) is 22.5 Å². The average molecular weight is 343 g/mol. The Morgan fingerprint density at radius 1 is 0.962 bits per heavy atom. The van der Waals surface area contributed by atoms with Gasteiger partial charge in [0, 0.05) is 24.0 Å². The molecule has 0 amide bonds. The highest BCUT2D eigenvalue weighted by atomic mass is 15.4. The molecule has 5 rings (SSSR count). The third-order valence-electron chi connectivity index (χ3n) is 5.34. The van der Waals surface area contributed by atoms with E-state index in [1.807, 2.05) is 0 Å². The maximum Gasteiger partial charge on any atom is 0.251 e. The van der Waals surface area contributed by atoms with Gasteiger partial charge in [0.05, 0.1) is 6.20 Å². The van der Waals surface area contributed by atoms with Gasteiger partial charge in [0.2, 0.25) is 0 Å². The lowest BCUT2D eigenvalue weighted by molar-refractivity contribution is 0.723. The predicted molar refractivity (Wildman–Crippen MR) is 103 cm³/mol. The molecule has 5 heteroatoms. The molecule has 2 aliphatic rings. The van der Waals surface area contributed by atoms with Gasteiger partial charge in [0.1, 0.15) is 0 Å². The number of rotatable bonds is 2. The smallest absolute Gasteiger partial charge is 0.251 e. The van der Waals surface area contributed by atoms with Gasteiger partial charge in [-0.3, -0.25) is 0 Å². The maximum absolute atomic E-state index is 4.90. The third-order valence-corrected chi connectivity index (χ3v) is 5.34. The molecule has 3 heterocycles. The average Bonchev–Trinajstić information content (AvgIpc) is 3.03. The number of anilines is 4. The summed E-state index contributed by atoms with van der Waals surface area (Å²) in [5.74, 6) is 1.56. The van der Waals surface area contributed by atoms with E-state index in [2.05, 4.69) is 75.5 Å². The first-order valence-electron chi connectivity index (χ1n) is 9.23. The lowest BCUT2D eigenvalue weighted by Gasteiger charge is -2.30. The molecule has 3 aromatic rings. The van der Waals surface area contributed by atoms with Crippen LogP contribution in [0.5, 0.6) is 0 Å². The van der Waals surface area contributed by atoms with Crippen molar-refractivity contribution in [3.63, 3.8) is 0 Å². The maximum atomic E-state index is 4.90. The lowest BCUT2D eigenvalue weighted by Crippen LogP contribution is -2.29. The van der Waals surface area contributed by atoms with Crippen LogP contribution in [0.2, 0.25) is 0 Å². The fraction of sp³-hybridized carbons (Fsp3) is 0.286. The summed E-state index contributed by atoms with van der Waals surface area (Å²) >= 11 is 0. The van der Waals surface area contributed by atoms with E-state index in [0.29, 0.717) is 12.0 Å². The van der Waals surface area contributed by atoms with Crippen LogP contribution in [-0.4, -0.2) is 27.8 Å². The predicted octanol–water partition coefficient (Wildman–Crippen LogP) is 4.04. The quantitative estimate of drug-likeness (QED) is 0.703. The fourth-order valence-electron chi connectivity index (χ4n) is 4.17. The van der Waals surface area contributed by atoms with Gasteiger partial charge in [-0.1, -0.05) is 36.4 Å². The van der Waals surface area contributed by atoms with E-state index in [0.717, 1.165) is 31.6 Å². The zero-order valence-electron chi connectivity index (χ0n) is 14.8. The van der Waals surface area contributed by atoms with Gasteiger partial charge >= 0.3 is 0 Å². The van der Waals surface area contributed by atoms with Crippen LogP contribution in [0.25, 0.3) is 0 Å². The summed E-state index contributed by atoms with van der Waals surface area (Å²) in [4.78, 5) is 9.38. The minimum absolute atomic E-state index is 0.366. The van der Waals surface area contributed by atoms with Crippen molar-refractivity contribution in [2.75, 3.05) is 16.3 Å². The van der Waals surface area contributed by atoms with E-state index in [9.17, 15) is 0 Å². The fourth-order valence-corrected chi connectivity index (χ4v) is 4.17. The summed E-state index contributed by atoms with van der Waals surface area (Å²) in [5, 5.41) is 8.64. The Bertz CT molecular complexity index is 954. The summed E-state index contributed by atoms with van der Waals surface area (Å²) in [7, 11) is 0. The standard InChI is InChI=1S/C21H21N5/c1-15-13-17-8-3-5-11-19(17)26(15)20-14-22-24-21(23-20)25-12-6-9-16-7-2-4-10-18(16)25/h2-5,7-8,10-11,14-15H,6,9,12-13H2,1H3. The molecule has 1 aromatic heterocycles. The van der Waals surface area contributed by atoms with Gasteiger partial charge in [0.25, 0.3) is 5.95 Å². The molecule has 0 radical (unpaired) electrons. The van der Waals surface area contributed by atoms with E-state index in [4.69, 9.17) is 4.98 Å². The van der Waals surface area contributed by atoms with Crippen LogP contribution in [0.4, 0.5) is 23.1 Å². The highest BCUT2D eigenvalue weighted by molar-refractivity contribution is 5.70. The molecule has 130 valence electrons. The number of aromatic nitrogens is 3. The van der Waals surface area contributed by atoms with Crippen LogP contribution in [-0.2, 0) is 12.8 Å². The van der Waals surface area contributed by atoms with Crippen LogP contribution >= 0.6 is 0 Å². The van der Waals surface area contributed by atoms with E-state index < -0.39 is 0 Å². The summed E-state index contributed by atoms with van der Waals surface area (Å²) in [6.07, 6.45) is 5.02. The van der Waals surface area contributed by atoms with Gasteiger partial charge in [-0.25, -0.2) is 0 Å². The topological polar surface area (TPSA) is 45.2 Å². The van der Waals surface area contributed by atoms with E-state index in [1.54, 1.807) is 6.20 Å². The van der Waals surface area contributed by atoms with E-state index >= 15 is 0 Å². The highest BCUT2D eigenvalue weighted by Gasteiger charge is 2.29. The molecule has 5 nitrogen and oxygen atoms in total. The molecule has 2 aliphatic heterocycles. The molecule has 0 bridgehead atoms. The minimum atomic E-state index is 0.366. The van der Waals surface area contributed by atoms with Gasteiger partial charge in [-0.15, -0.1) is 5.10 Å². The molecule has 0 fully saturated rings.